The Hall–Kier alpha value is -2.44. The van der Waals surface area contributed by atoms with Crippen LogP contribution >= 0.6 is 0 Å². The summed E-state index contributed by atoms with van der Waals surface area (Å²) in [6.07, 6.45) is 0. The second-order valence-corrected chi connectivity index (χ2v) is 11.5. The van der Waals surface area contributed by atoms with Crippen LogP contribution < -0.4 is 0 Å². The highest BCUT2D eigenvalue weighted by molar-refractivity contribution is 7.94. The highest BCUT2D eigenvalue weighted by Crippen LogP contribution is 2.32. The number of rotatable bonds is 0. The quantitative estimate of drug-likeness (QED) is 0.562. The predicted molar refractivity (Wildman–Crippen MR) is 112 cm³/mol. The molecule has 6 heteroatoms. The summed E-state index contributed by atoms with van der Waals surface area (Å²) < 4.78 is 49.6. The first-order valence-corrected chi connectivity index (χ1v) is 12.6. The SMILES string of the molecule is O=S1(=O)CCS(=O)(=O)Cc2ccc(cc2)-c2ccccc2-c2ccc(cc2)C1. The van der Waals surface area contributed by atoms with E-state index >= 15 is 0 Å². The van der Waals surface area contributed by atoms with Crippen molar-refractivity contribution in [2.45, 2.75) is 11.5 Å². The van der Waals surface area contributed by atoms with Gasteiger partial charge in [-0.1, -0.05) is 72.8 Å². The van der Waals surface area contributed by atoms with Crippen LogP contribution in [0.25, 0.3) is 22.3 Å². The lowest BCUT2D eigenvalue weighted by molar-refractivity contribution is 0.586. The highest BCUT2D eigenvalue weighted by atomic mass is 32.2. The molecule has 4 aliphatic rings. The summed E-state index contributed by atoms with van der Waals surface area (Å²) in [7, 11) is -7.01. The van der Waals surface area contributed by atoms with Crippen molar-refractivity contribution in [3.05, 3.63) is 83.9 Å². The summed E-state index contributed by atoms with van der Waals surface area (Å²) in [6, 6.07) is 22.9. The van der Waals surface area contributed by atoms with Gasteiger partial charge in [-0.15, -0.1) is 0 Å². The molecule has 0 radical (unpaired) electrons. The first-order chi connectivity index (χ1) is 13.3. The molecule has 0 amide bonds. The van der Waals surface area contributed by atoms with Crippen LogP contribution in [0.15, 0.2) is 72.8 Å². The Balaban J connectivity index is 1.87. The predicted octanol–water partition coefficient (Wildman–Crippen LogP) is 3.86. The molecule has 0 aromatic heterocycles. The maximum Gasteiger partial charge on any atom is 0.155 e. The third-order valence-corrected chi connectivity index (χ3v) is 8.39. The molecule has 4 heterocycles. The lowest BCUT2D eigenvalue weighted by Crippen LogP contribution is -2.20. The molecule has 4 nitrogen and oxygen atoms in total. The van der Waals surface area contributed by atoms with Crippen LogP contribution in [0.1, 0.15) is 11.1 Å². The monoisotopic (exact) mass is 412 g/mol. The van der Waals surface area contributed by atoms with Gasteiger partial charge in [-0.3, -0.25) is 0 Å². The van der Waals surface area contributed by atoms with E-state index in [0.717, 1.165) is 22.3 Å². The zero-order valence-corrected chi connectivity index (χ0v) is 16.8. The first-order valence-electron chi connectivity index (χ1n) is 9.00. The molecular formula is C22H20O4S2. The molecule has 3 aromatic rings. The minimum absolute atomic E-state index is 0.155. The molecule has 144 valence electrons. The molecule has 0 saturated heterocycles. The van der Waals surface area contributed by atoms with Crippen LogP contribution in [-0.4, -0.2) is 28.3 Å². The minimum Gasteiger partial charge on any atom is -0.228 e. The Labute approximate surface area is 165 Å². The normalized spacial score (nSPS) is 17.9. The lowest BCUT2D eigenvalue weighted by Gasteiger charge is -2.13. The summed E-state index contributed by atoms with van der Waals surface area (Å²) in [4.78, 5) is 0. The maximum atomic E-state index is 12.4. The van der Waals surface area contributed by atoms with Gasteiger partial charge >= 0.3 is 0 Å². The van der Waals surface area contributed by atoms with Crippen LogP contribution in [0.4, 0.5) is 0 Å². The largest absolute Gasteiger partial charge is 0.228 e. The molecule has 3 aromatic carbocycles. The molecular weight excluding hydrogens is 392 g/mol. The molecule has 0 spiro atoms. The first kappa shape index (κ1) is 18.9. The summed E-state index contributed by atoms with van der Waals surface area (Å²) in [5, 5.41) is 0. The van der Waals surface area contributed by atoms with E-state index in [1.54, 1.807) is 24.3 Å². The molecule has 7 rings (SSSR count). The van der Waals surface area contributed by atoms with Crippen molar-refractivity contribution >= 4 is 19.7 Å². The third-order valence-electron chi connectivity index (χ3n) is 4.94. The van der Waals surface area contributed by atoms with Gasteiger partial charge in [-0.2, -0.15) is 0 Å². The summed E-state index contributed by atoms with van der Waals surface area (Å²) >= 11 is 0. The van der Waals surface area contributed by atoms with Gasteiger partial charge in [0, 0.05) is 0 Å². The molecule has 4 bridgehead atoms. The number of benzene rings is 3. The molecule has 4 aliphatic heterocycles. The van der Waals surface area contributed by atoms with E-state index in [-0.39, 0.29) is 23.0 Å². The lowest BCUT2D eigenvalue weighted by atomic mass is 9.94. The van der Waals surface area contributed by atoms with Crippen molar-refractivity contribution in [2.24, 2.45) is 0 Å². The van der Waals surface area contributed by atoms with Crippen LogP contribution in [0.3, 0.4) is 0 Å². The van der Waals surface area contributed by atoms with Gasteiger partial charge in [0.1, 0.15) is 0 Å². The molecule has 0 fully saturated rings. The Morgan fingerprint density at radius 1 is 0.500 bits per heavy atom. The van der Waals surface area contributed by atoms with Crippen LogP contribution in [0, 0.1) is 0 Å². The minimum atomic E-state index is -3.51. The Morgan fingerprint density at radius 2 is 0.857 bits per heavy atom. The molecule has 28 heavy (non-hydrogen) atoms. The zero-order valence-electron chi connectivity index (χ0n) is 15.2. The van der Waals surface area contributed by atoms with Gasteiger partial charge in [-0.05, 0) is 33.4 Å². The number of hydrogen-bond acceptors (Lipinski definition) is 4. The van der Waals surface area contributed by atoms with Gasteiger partial charge < -0.3 is 0 Å². The molecule has 0 atom stereocenters. The molecule has 0 aliphatic carbocycles. The second-order valence-electron chi connectivity index (χ2n) is 7.12. The van der Waals surface area contributed by atoms with Crippen LogP contribution in [-0.2, 0) is 31.2 Å². The molecule has 0 saturated carbocycles. The van der Waals surface area contributed by atoms with Gasteiger partial charge in [-0.25, -0.2) is 16.8 Å². The van der Waals surface area contributed by atoms with Crippen LogP contribution in [0.2, 0.25) is 0 Å². The fourth-order valence-electron chi connectivity index (χ4n) is 3.45. The average molecular weight is 413 g/mol. The van der Waals surface area contributed by atoms with E-state index in [0.29, 0.717) is 11.1 Å². The molecule has 0 N–H and O–H groups in total. The van der Waals surface area contributed by atoms with Crippen molar-refractivity contribution in [3.8, 4) is 22.3 Å². The zero-order chi connectivity index (χ0) is 19.8. The topological polar surface area (TPSA) is 68.3 Å². The molecule has 0 unspecified atom stereocenters. The fourth-order valence-corrected chi connectivity index (χ4v) is 7.17. The summed E-state index contributed by atoms with van der Waals surface area (Å²) in [5.41, 5.74) is 5.43. The average Bonchev–Trinajstić information content (AvgIpc) is 2.67. The van der Waals surface area contributed by atoms with E-state index in [2.05, 4.69) is 0 Å². The van der Waals surface area contributed by atoms with E-state index in [9.17, 15) is 16.8 Å². The van der Waals surface area contributed by atoms with E-state index < -0.39 is 19.7 Å². The fraction of sp³-hybridized carbons (Fsp3) is 0.182. The van der Waals surface area contributed by atoms with Crippen molar-refractivity contribution in [1.29, 1.82) is 0 Å². The van der Waals surface area contributed by atoms with Crippen LogP contribution in [0.5, 0.6) is 0 Å². The highest BCUT2D eigenvalue weighted by Gasteiger charge is 2.20. The Kier molecular flexibility index (Phi) is 4.85. The van der Waals surface area contributed by atoms with E-state index in [4.69, 9.17) is 0 Å². The van der Waals surface area contributed by atoms with Gasteiger partial charge in [0.2, 0.25) is 0 Å². The van der Waals surface area contributed by atoms with Crippen molar-refractivity contribution in [1.82, 2.24) is 0 Å². The second kappa shape index (κ2) is 7.18. The van der Waals surface area contributed by atoms with Crippen molar-refractivity contribution in [2.75, 3.05) is 11.5 Å². The van der Waals surface area contributed by atoms with Crippen molar-refractivity contribution in [3.63, 3.8) is 0 Å². The smallest absolute Gasteiger partial charge is 0.155 e. The summed E-state index contributed by atoms with van der Waals surface area (Å²) in [5.74, 6) is -1.04. The Bertz CT molecular complexity index is 1110. The third kappa shape index (κ3) is 4.18. The van der Waals surface area contributed by atoms with Gasteiger partial charge in [0.05, 0.1) is 23.0 Å². The van der Waals surface area contributed by atoms with Gasteiger partial charge in [0.15, 0.2) is 19.7 Å². The van der Waals surface area contributed by atoms with Crippen molar-refractivity contribution < 1.29 is 16.8 Å². The van der Waals surface area contributed by atoms with E-state index in [1.165, 1.54) is 0 Å². The van der Waals surface area contributed by atoms with E-state index in [1.807, 2.05) is 48.5 Å². The number of hydrogen-bond donors (Lipinski definition) is 0. The maximum absolute atomic E-state index is 12.4. The standard InChI is InChI=1S/C22H20O4S2/c23-27(24)13-14-28(25,26)16-18-7-11-20(12-8-18)22-4-2-1-3-21(22)19-9-5-17(15-27)6-10-19/h1-12H,13-16H2. The number of sulfone groups is 2. The Morgan fingerprint density at radius 3 is 1.21 bits per heavy atom. The van der Waals surface area contributed by atoms with Gasteiger partial charge in [0.25, 0.3) is 0 Å². The summed E-state index contributed by atoms with van der Waals surface area (Å²) in [6.45, 7) is 0.